The van der Waals surface area contributed by atoms with Gasteiger partial charge in [0.2, 0.25) is 0 Å². The van der Waals surface area contributed by atoms with Gasteiger partial charge in [-0.25, -0.2) is 0 Å². The first-order valence-electron chi connectivity index (χ1n) is 5.29. The number of benzene rings is 1. The lowest BCUT2D eigenvalue weighted by Gasteiger charge is -2.15. The van der Waals surface area contributed by atoms with Crippen LogP contribution in [0, 0.1) is 0 Å². The van der Waals surface area contributed by atoms with E-state index in [4.69, 9.17) is 14.2 Å². The summed E-state index contributed by atoms with van der Waals surface area (Å²) in [4.78, 5) is 0. The number of hydrogen-bond acceptors (Lipinski definition) is 3. The van der Waals surface area contributed by atoms with Crippen LogP contribution in [0.3, 0.4) is 0 Å². The molecule has 2 rings (SSSR count). The minimum atomic E-state index is 0.177. The van der Waals surface area contributed by atoms with E-state index in [1.54, 1.807) is 14.2 Å². The Hall–Kier alpha value is -0.740. The molecule has 1 atom stereocenters. The van der Waals surface area contributed by atoms with Crippen molar-refractivity contribution in [1.29, 1.82) is 0 Å². The van der Waals surface area contributed by atoms with Crippen LogP contribution in [-0.4, -0.2) is 20.8 Å². The molecule has 1 fully saturated rings. The third-order valence-corrected chi connectivity index (χ3v) is 3.55. The Morgan fingerprint density at radius 2 is 1.88 bits per heavy atom. The maximum absolute atomic E-state index is 5.65. The summed E-state index contributed by atoms with van der Waals surface area (Å²) in [6, 6.07) is 4.01. The van der Waals surface area contributed by atoms with E-state index in [2.05, 4.69) is 15.9 Å². The molecule has 0 amide bonds. The zero-order valence-electron chi connectivity index (χ0n) is 9.46. The molecule has 0 bridgehead atoms. The molecule has 0 aliphatic carbocycles. The lowest BCUT2D eigenvalue weighted by molar-refractivity contribution is 0.111. The Bertz CT molecular complexity index is 348. The molecule has 0 N–H and O–H groups in total. The second-order valence-electron chi connectivity index (χ2n) is 3.74. The largest absolute Gasteiger partial charge is 0.495 e. The molecule has 0 saturated carbocycles. The van der Waals surface area contributed by atoms with Gasteiger partial charge < -0.3 is 14.2 Å². The molecular formula is C12H15BrO3. The fraction of sp³-hybridized carbons (Fsp3) is 0.500. The van der Waals surface area contributed by atoms with Gasteiger partial charge in [-0.3, -0.25) is 0 Å². The van der Waals surface area contributed by atoms with Crippen LogP contribution in [0.4, 0.5) is 0 Å². The van der Waals surface area contributed by atoms with Gasteiger partial charge in [0, 0.05) is 6.61 Å². The van der Waals surface area contributed by atoms with Gasteiger partial charge in [0.05, 0.1) is 20.3 Å². The zero-order valence-corrected chi connectivity index (χ0v) is 11.0. The molecule has 1 saturated heterocycles. The lowest BCUT2D eigenvalue weighted by atomic mass is 10.1. The van der Waals surface area contributed by atoms with Crippen molar-refractivity contribution in [3.05, 3.63) is 22.2 Å². The van der Waals surface area contributed by atoms with Gasteiger partial charge in [-0.1, -0.05) is 0 Å². The Morgan fingerprint density at radius 1 is 1.25 bits per heavy atom. The maximum atomic E-state index is 5.65. The van der Waals surface area contributed by atoms with E-state index in [0.29, 0.717) is 0 Å². The lowest BCUT2D eigenvalue weighted by Crippen LogP contribution is -1.99. The second-order valence-corrected chi connectivity index (χ2v) is 4.53. The van der Waals surface area contributed by atoms with E-state index in [1.165, 1.54) is 0 Å². The third-order valence-electron chi connectivity index (χ3n) is 2.77. The van der Waals surface area contributed by atoms with Crippen molar-refractivity contribution in [1.82, 2.24) is 0 Å². The molecular weight excluding hydrogens is 272 g/mol. The minimum Gasteiger partial charge on any atom is -0.495 e. The van der Waals surface area contributed by atoms with Crippen LogP contribution in [0.1, 0.15) is 24.5 Å². The number of halogens is 1. The molecule has 4 heteroatoms. The van der Waals surface area contributed by atoms with Crippen LogP contribution in [0.2, 0.25) is 0 Å². The Morgan fingerprint density at radius 3 is 2.31 bits per heavy atom. The minimum absolute atomic E-state index is 0.177. The number of hydrogen-bond donors (Lipinski definition) is 0. The van der Waals surface area contributed by atoms with Crippen LogP contribution < -0.4 is 9.47 Å². The monoisotopic (exact) mass is 286 g/mol. The molecule has 1 aliphatic heterocycles. The van der Waals surface area contributed by atoms with E-state index in [0.717, 1.165) is 41.0 Å². The molecule has 88 valence electrons. The summed E-state index contributed by atoms with van der Waals surface area (Å²) in [7, 11) is 3.30. The van der Waals surface area contributed by atoms with Gasteiger partial charge in [0.15, 0.2) is 0 Å². The molecule has 1 aliphatic rings. The SMILES string of the molecule is COc1cc(C2CCCO2)cc(OC)c1Br. The molecule has 1 unspecified atom stereocenters. The third kappa shape index (κ3) is 2.18. The summed E-state index contributed by atoms with van der Waals surface area (Å²) in [6.45, 7) is 0.839. The van der Waals surface area contributed by atoms with Crippen LogP contribution >= 0.6 is 15.9 Å². The van der Waals surface area contributed by atoms with E-state index in [1.807, 2.05) is 12.1 Å². The first-order valence-corrected chi connectivity index (χ1v) is 6.08. The average molecular weight is 287 g/mol. The van der Waals surface area contributed by atoms with Crippen molar-refractivity contribution in [2.24, 2.45) is 0 Å². The van der Waals surface area contributed by atoms with Gasteiger partial charge in [-0.05, 0) is 46.5 Å². The standard InChI is InChI=1S/C12H15BrO3/c1-14-10-6-8(9-4-3-5-16-9)7-11(15-2)12(10)13/h6-7,9H,3-5H2,1-2H3. The van der Waals surface area contributed by atoms with Gasteiger partial charge in [-0.15, -0.1) is 0 Å². The first kappa shape index (κ1) is 11.7. The van der Waals surface area contributed by atoms with Crippen LogP contribution in [0.15, 0.2) is 16.6 Å². The quantitative estimate of drug-likeness (QED) is 0.853. The van der Waals surface area contributed by atoms with Gasteiger partial charge >= 0.3 is 0 Å². The highest BCUT2D eigenvalue weighted by Crippen LogP contribution is 2.40. The predicted octanol–water partition coefficient (Wildman–Crippen LogP) is 3.32. The highest BCUT2D eigenvalue weighted by Gasteiger charge is 2.20. The van der Waals surface area contributed by atoms with Crippen molar-refractivity contribution in [2.45, 2.75) is 18.9 Å². The second kappa shape index (κ2) is 5.06. The predicted molar refractivity (Wildman–Crippen MR) is 65.2 cm³/mol. The summed E-state index contributed by atoms with van der Waals surface area (Å²) >= 11 is 3.45. The first-order chi connectivity index (χ1) is 7.76. The molecule has 16 heavy (non-hydrogen) atoms. The van der Waals surface area contributed by atoms with Crippen LogP contribution in [-0.2, 0) is 4.74 Å². The van der Waals surface area contributed by atoms with Crippen molar-refractivity contribution in [2.75, 3.05) is 20.8 Å². The zero-order chi connectivity index (χ0) is 11.5. The summed E-state index contributed by atoms with van der Waals surface area (Å²) in [5, 5.41) is 0. The molecule has 1 aromatic rings. The summed E-state index contributed by atoms with van der Waals surface area (Å²) in [6.07, 6.45) is 2.36. The van der Waals surface area contributed by atoms with Crippen LogP contribution in [0.5, 0.6) is 11.5 Å². The fourth-order valence-electron chi connectivity index (χ4n) is 1.92. The summed E-state index contributed by atoms with van der Waals surface area (Å²) in [5.74, 6) is 1.56. The topological polar surface area (TPSA) is 27.7 Å². The molecule has 1 heterocycles. The molecule has 0 radical (unpaired) electrons. The summed E-state index contributed by atoms with van der Waals surface area (Å²) in [5.41, 5.74) is 1.12. The van der Waals surface area contributed by atoms with E-state index in [-0.39, 0.29) is 6.10 Å². The van der Waals surface area contributed by atoms with Crippen molar-refractivity contribution in [3.63, 3.8) is 0 Å². The van der Waals surface area contributed by atoms with Crippen molar-refractivity contribution >= 4 is 15.9 Å². The van der Waals surface area contributed by atoms with Crippen molar-refractivity contribution in [3.8, 4) is 11.5 Å². The average Bonchev–Trinajstić information content (AvgIpc) is 2.83. The van der Waals surface area contributed by atoms with Gasteiger partial charge in [0.1, 0.15) is 16.0 Å². The number of rotatable bonds is 3. The fourth-order valence-corrected chi connectivity index (χ4v) is 2.47. The smallest absolute Gasteiger partial charge is 0.137 e. The van der Waals surface area contributed by atoms with E-state index >= 15 is 0 Å². The number of ether oxygens (including phenoxy) is 3. The van der Waals surface area contributed by atoms with Gasteiger partial charge in [0.25, 0.3) is 0 Å². The van der Waals surface area contributed by atoms with Crippen molar-refractivity contribution < 1.29 is 14.2 Å². The number of methoxy groups -OCH3 is 2. The Labute approximate surface area is 104 Å². The molecule has 1 aromatic carbocycles. The van der Waals surface area contributed by atoms with Crippen LogP contribution in [0.25, 0.3) is 0 Å². The maximum Gasteiger partial charge on any atom is 0.137 e. The normalized spacial score (nSPS) is 19.8. The van der Waals surface area contributed by atoms with Gasteiger partial charge in [-0.2, -0.15) is 0 Å². The summed E-state index contributed by atoms with van der Waals surface area (Å²) < 4.78 is 17.1. The van der Waals surface area contributed by atoms with E-state index < -0.39 is 0 Å². The van der Waals surface area contributed by atoms with E-state index in [9.17, 15) is 0 Å². The highest BCUT2D eigenvalue weighted by molar-refractivity contribution is 9.10. The Kier molecular flexibility index (Phi) is 3.71. The molecule has 3 nitrogen and oxygen atoms in total. The molecule has 0 spiro atoms. The Balaban J connectivity index is 2.37. The highest BCUT2D eigenvalue weighted by atomic mass is 79.9. The molecule has 0 aromatic heterocycles.